The summed E-state index contributed by atoms with van der Waals surface area (Å²) in [6, 6.07) is 3.62. The summed E-state index contributed by atoms with van der Waals surface area (Å²) in [4.78, 5) is 12.3. The van der Waals surface area contributed by atoms with Gasteiger partial charge in [0.15, 0.2) is 5.82 Å². The van der Waals surface area contributed by atoms with Gasteiger partial charge in [-0.05, 0) is 28.1 Å². The Hall–Kier alpha value is -1.28. The fourth-order valence-corrected chi connectivity index (χ4v) is 2.40. The van der Waals surface area contributed by atoms with Gasteiger partial charge in [0.05, 0.1) is 8.66 Å². The highest BCUT2D eigenvalue weighted by molar-refractivity contribution is 9.11. The van der Waals surface area contributed by atoms with E-state index in [2.05, 4.69) is 41.9 Å². The van der Waals surface area contributed by atoms with Crippen molar-refractivity contribution in [3.63, 3.8) is 0 Å². The maximum absolute atomic E-state index is 11.6. The zero-order valence-corrected chi connectivity index (χ0v) is 10.5. The van der Waals surface area contributed by atoms with Gasteiger partial charge in [-0.15, -0.1) is 21.5 Å². The van der Waals surface area contributed by atoms with E-state index in [1.807, 2.05) is 6.07 Å². The van der Waals surface area contributed by atoms with E-state index in [-0.39, 0.29) is 5.91 Å². The number of carbonyl (C=O) groups is 1. The van der Waals surface area contributed by atoms with E-state index in [9.17, 15) is 4.79 Å². The molecule has 0 bridgehead atoms. The van der Waals surface area contributed by atoms with Gasteiger partial charge in [0.25, 0.3) is 5.91 Å². The van der Waals surface area contributed by atoms with Crippen LogP contribution in [0.4, 0.5) is 0 Å². The fourth-order valence-electron chi connectivity index (χ4n) is 1.10. The van der Waals surface area contributed by atoms with Gasteiger partial charge < -0.3 is 5.32 Å². The van der Waals surface area contributed by atoms with Crippen LogP contribution in [-0.4, -0.2) is 33.1 Å². The number of rotatable bonds is 4. The molecule has 2 N–H and O–H groups in total. The summed E-state index contributed by atoms with van der Waals surface area (Å²) < 4.78 is 0.941. The van der Waals surface area contributed by atoms with E-state index < -0.39 is 0 Å². The molecular weight excluding hydrogens is 294 g/mol. The van der Waals surface area contributed by atoms with Crippen LogP contribution in [0.2, 0.25) is 0 Å². The van der Waals surface area contributed by atoms with Gasteiger partial charge in [-0.3, -0.25) is 4.79 Å². The van der Waals surface area contributed by atoms with Crippen molar-refractivity contribution in [2.75, 3.05) is 6.54 Å². The Kier molecular flexibility index (Phi) is 3.62. The third kappa shape index (κ3) is 2.86. The average molecular weight is 302 g/mol. The van der Waals surface area contributed by atoms with Crippen molar-refractivity contribution in [1.82, 2.24) is 25.9 Å². The van der Waals surface area contributed by atoms with Crippen molar-refractivity contribution in [3.8, 4) is 0 Å². The number of tetrazole rings is 1. The molecule has 2 aromatic rings. The van der Waals surface area contributed by atoms with Crippen LogP contribution >= 0.6 is 27.3 Å². The molecule has 0 aliphatic rings. The van der Waals surface area contributed by atoms with Crippen molar-refractivity contribution in [1.29, 1.82) is 0 Å². The summed E-state index contributed by atoms with van der Waals surface area (Å²) >= 11 is 4.70. The quantitative estimate of drug-likeness (QED) is 0.882. The maximum Gasteiger partial charge on any atom is 0.261 e. The first-order valence-corrected chi connectivity index (χ1v) is 6.12. The lowest BCUT2D eigenvalue weighted by Crippen LogP contribution is -2.25. The lowest BCUT2D eigenvalue weighted by atomic mass is 10.4. The predicted octanol–water partition coefficient (Wildman–Crippen LogP) is 0.996. The fraction of sp³-hybridized carbons (Fsp3) is 0.250. The summed E-state index contributed by atoms with van der Waals surface area (Å²) in [6.45, 7) is 0.494. The molecule has 0 radical (unpaired) electrons. The molecule has 0 atom stereocenters. The average Bonchev–Trinajstić information content (AvgIpc) is 2.89. The van der Waals surface area contributed by atoms with E-state index in [0.29, 0.717) is 23.7 Å². The second-order valence-corrected chi connectivity index (χ2v) is 5.40. The van der Waals surface area contributed by atoms with Gasteiger partial charge in [-0.2, -0.15) is 5.21 Å². The molecule has 2 aromatic heterocycles. The first-order valence-electron chi connectivity index (χ1n) is 4.51. The van der Waals surface area contributed by atoms with Gasteiger partial charge in [0.1, 0.15) is 0 Å². The number of hydrogen-bond donors (Lipinski definition) is 2. The number of aromatic nitrogens is 4. The monoisotopic (exact) mass is 301 g/mol. The molecule has 0 unspecified atom stereocenters. The van der Waals surface area contributed by atoms with Gasteiger partial charge >= 0.3 is 0 Å². The largest absolute Gasteiger partial charge is 0.351 e. The van der Waals surface area contributed by atoms with Crippen LogP contribution in [0.3, 0.4) is 0 Å². The Labute approximate surface area is 104 Å². The first kappa shape index (κ1) is 11.2. The molecule has 2 heterocycles. The Balaban J connectivity index is 1.80. The number of hydrogen-bond acceptors (Lipinski definition) is 5. The van der Waals surface area contributed by atoms with Crippen molar-refractivity contribution in [3.05, 3.63) is 26.6 Å². The van der Waals surface area contributed by atoms with Crippen LogP contribution in [-0.2, 0) is 6.42 Å². The maximum atomic E-state index is 11.6. The van der Waals surface area contributed by atoms with Crippen LogP contribution < -0.4 is 5.32 Å². The standard InChI is InChI=1S/C8H8BrN5OS/c9-6-2-1-5(16-6)8(15)10-4-3-7-11-13-14-12-7/h1-2H,3-4H2,(H,10,15)(H,11,12,13,14). The number of H-pyrrole nitrogens is 1. The Morgan fingerprint density at radius 2 is 2.44 bits per heavy atom. The van der Waals surface area contributed by atoms with Gasteiger partial charge in [0.2, 0.25) is 0 Å². The van der Waals surface area contributed by atoms with E-state index in [4.69, 9.17) is 0 Å². The van der Waals surface area contributed by atoms with Crippen molar-refractivity contribution < 1.29 is 4.79 Å². The minimum atomic E-state index is -0.0841. The lowest BCUT2D eigenvalue weighted by molar-refractivity contribution is 0.0958. The summed E-state index contributed by atoms with van der Waals surface area (Å²) in [7, 11) is 0. The summed E-state index contributed by atoms with van der Waals surface area (Å²) in [5, 5.41) is 16.1. The molecule has 16 heavy (non-hydrogen) atoms. The predicted molar refractivity (Wildman–Crippen MR) is 62.2 cm³/mol. The number of amides is 1. The van der Waals surface area contributed by atoms with Crippen LogP contribution in [0.15, 0.2) is 15.9 Å². The number of thiophene rings is 1. The molecule has 0 aliphatic carbocycles. The molecule has 8 heteroatoms. The van der Waals surface area contributed by atoms with E-state index >= 15 is 0 Å². The third-order valence-corrected chi connectivity index (χ3v) is 3.44. The van der Waals surface area contributed by atoms with Gasteiger partial charge in [0, 0.05) is 13.0 Å². The van der Waals surface area contributed by atoms with Gasteiger partial charge in [-0.25, -0.2) is 0 Å². The van der Waals surface area contributed by atoms with Gasteiger partial charge in [-0.1, -0.05) is 5.21 Å². The van der Waals surface area contributed by atoms with Crippen LogP contribution in [0.5, 0.6) is 0 Å². The minimum Gasteiger partial charge on any atom is -0.351 e. The molecule has 0 spiro atoms. The molecule has 0 aromatic carbocycles. The van der Waals surface area contributed by atoms with E-state index in [1.54, 1.807) is 6.07 Å². The number of nitrogens with one attached hydrogen (secondary N) is 2. The molecule has 0 saturated heterocycles. The first-order chi connectivity index (χ1) is 7.75. The molecule has 0 aliphatic heterocycles. The highest BCUT2D eigenvalue weighted by Crippen LogP contribution is 2.21. The van der Waals surface area contributed by atoms with E-state index in [0.717, 1.165) is 3.79 Å². The SMILES string of the molecule is O=C(NCCc1nn[nH]n1)c1ccc(Br)s1. The topological polar surface area (TPSA) is 83.6 Å². The third-order valence-electron chi connectivity index (χ3n) is 1.82. The Morgan fingerprint density at radius 1 is 1.56 bits per heavy atom. The highest BCUT2D eigenvalue weighted by atomic mass is 79.9. The zero-order valence-electron chi connectivity index (χ0n) is 8.11. The smallest absolute Gasteiger partial charge is 0.261 e. The van der Waals surface area contributed by atoms with Crippen molar-refractivity contribution in [2.45, 2.75) is 6.42 Å². The Bertz CT molecular complexity index is 468. The molecule has 1 amide bonds. The lowest BCUT2D eigenvalue weighted by Gasteiger charge is -2.00. The molecular formula is C8H8BrN5OS. The number of nitrogens with zero attached hydrogens (tertiary/aromatic N) is 3. The van der Waals surface area contributed by atoms with Crippen LogP contribution in [0.25, 0.3) is 0 Å². The second-order valence-electron chi connectivity index (χ2n) is 2.94. The highest BCUT2D eigenvalue weighted by Gasteiger charge is 2.08. The van der Waals surface area contributed by atoms with Crippen LogP contribution in [0, 0.1) is 0 Å². The van der Waals surface area contributed by atoms with Crippen LogP contribution in [0.1, 0.15) is 15.5 Å². The number of carbonyl (C=O) groups excluding carboxylic acids is 1. The number of halogens is 1. The summed E-state index contributed by atoms with van der Waals surface area (Å²) in [5.41, 5.74) is 0. The molecule has 0 fully saturated rings. The molecule has 84 valence electrons. The van der Waals surface area contributed by atoms with Crippen molar-refractivity contribution in [2.24, 2.45) is 0 Å². The Morgan fingerprint density at radius 3 is 3.06 bits per heavy atom. The zero-order chi connectivity index (χ0) is 11.4. The summed E-state index contributed by atoms with van der Waals surface area (Å²) in [5.74, 6) is 0.506. The van der Waals surface area contributed by atoms with E-state index in [1.165, 1.54) is 11.3 Å². The molecule has 2 rings (SSSR count). The normalized spacial score (nSPS) is 10.3. The second kappa shape index (κ2) is 5.17. The molecule has 6 nitrogen and oxygen atoms in total. The van der Waals surface area contributed by atoms with Crippen molar-refractivity contribution >= 4 is 33.2 Å². The molecule has 0 saturated carbocycles. The minimum absolute atomic E-state index is 0.0841. The number of aromatic amines is 1. The summed E-state index contributed by atoms with van der Waals surface area (Å²) in [6.07, 6.45) is 0.564.